The standard InChI is InChI=1S/C12H12N2O3S/c13-5-9-1-3-10(4-2-9)6-14-11(15)7-18-8-12(16)17/h1-4H,6-8H2,(H,14,15)(H,16,17). The smallest absolute Gasteiger partial charge is 0.313 e. The van der Waals surface area contributed by atoms with Crippen molar-refractivity contribution in [1.29, 1.82) is 5.26 Å². The Morgan fingerprint density at radius 2 is 1.94 bits per heavy atom. The normalized spacial score (nSPS) is 9.50. The second-order valence-corrected chi connectivity index (χ2v) is 4.46. The molecular weight excluding hydrogens is 252 g/mol. The van der Waals surface area contributed by atoms with Gasteiger partial charge in [-0.1, -0.05) is 12.1 Å². The average molecular weight is 264 g/mol. The van der Waals surface area contributed by atoms with Crippen LogP contribution >= 0.6 is 11.8 Å². The van der Waals surface area contributed by atoms with Gasteiger partial charge in [0.15, 0.2) is 0 Å². The molecule has 0 radical (unpaired) electrons. The molecule has 0 fully saturated rings. The molecule has 2 N–H and O–H groups in total. The quantitative estimate of drug-likeness (QED) is 0.799. The zero-order chi connectivity index (χ0) is 13.4. The van der Waals surface area contributed by atoms with E-state index in [1.165, 1.54) is 0 Å². The number of hydrogen-bond acceptors (Lipinski definition) is 4. The fraction of sp³-hybridized carbons (Fsp3) is 0.250. The van der Waals surface area contributed by atoms with E-state index in [1.807, 2.05) is 6.07 Å². The van der Waals surface area contributed by atoms with Crippen LogP contribution in [0.3, 0.4) is 0 Å². The lowest BCUT2D eigenvalue weighted by Gasteiger charge is -2.04. The number of nitrogens with zero attached hydrogens (tertiary/aromatic N) is 1. The van der Waals surface area contributed by atoms with Gasteiger partial charge in [0.2, 0.25) is 5.91 Å². The van der Waals surface area contributed by atoms with Crippen molar-refractivity contribution >= 4 is 23.6 Å². The molecule has 0 heterocycles. The first-order chi connectivity index (χ1) is 8.61. The molecule has 0 aromatic heterocycles. The molecule has 94 valence electrons. The van der Waals surface area contributed by atoms with E-state index in [4.69, 9.17) is 10.4 Å². The van der Waals surface area contributed by atoms with Crippen LogP contribution in [0.4, 0.5) is 0 Å². The van der Waals surface area contributed by atoms with E-state index < -0.39 is 5.97 Å². The van der Waals surface area contributed by atoms with E-state index >= 15 is 0 Å². The topological polar surface area (TPSA) is 90.2 Å². The molecule has 0 saturated carbocycles. The molecular formula is C12H12N2O3S. The van der Waals surface area contributed by atoms with Crippen LogP contribution in [0.25, 0.3) is 0 Å². The molecule has 0 aliphatic heterocycles. The first-order valence-electron chi connectivity index (χ1n) is 5.17. The number of carboxylic acids is 1. The SMILES string of the molecule is N#Cc1ccc(CNC(=O)CSCC(=O)O)cc1. The van der Waals surface area contributed by atoms with Crippen molar-refractivity contribution < 1.29 is 14.7 Å². The van der Waals surface area contributed by atoms with Gasteiger partial charge in [-0.3, -0.25) is 9.59 Å². The Morgan fingerprint density at radius 3 is 2.50 bits per heavy atom. The number of nitriles is 1. The molecule has 1 aromatic rings. The van der Waals surface area contributed by atoms with Crippen molar-refractivity contribution in [3.63, 3.8) is 0 Å². The lowest BCUT2D eigenvalue weighted by molar-refractivity contribution is -0.133. The van der Waals surface area contributed by atoms with E-state index in [-0.39, 0.29) is 17.4 Å². The van der Waals surface area contributed by atoms with Gasteiger partial charge in [-0.15, -0.1) is 11.8 Å². The monoisotopic (exact) mass is 264 g/mol. The van der Waals surface area contributed by atoms with Crippen LogP contribution in [0.5, 0.6) is 0 Å². The van der Waals surface area contributed by atoms with Crippen LogP contribution in [0.15, 0.2) is 24.3 Å². The number of rotatable bonds is 6. The van der Waals surface area contributed by atoms with Gasteiger partial charge in [-0.25, -0.2) is 0 Å². The van der Waals surface area contributed by atoms with Crippen molar-refractivity contribution in [2.45, 2.75) is 6.54 Å². The molecule has 0 unspecified atom stereocenters. The molecule has 1 rings (SSSR count). The number of carbonyl (C=O) groups is 2. The number of carbonyl (C=O) groups excluding carboxylic acids is 1. The fourth-order valence-electron chi connectivity index (χ4n) is 1.18. The van der Waals surface area contributed by atoms with Gasteiger partial charge in [-0.2, -0.15) is 5.26 Å². The molecule has 0 saturated heterocycles. The summed E-state index contributed by atoms with van der Waals surface area (Å²) in [7, 11) is 0. The minimum Gasteiger partial charge on any atom is -0.481 e. The van der Waals surface area contributed by atoms with Crippen LogP contribution in [0.1, 0.15) is 11.1 Å². The lowest BCUT2D eigenvalue weighted by Crippen LogP contribution is -2.25. The van der Waals surface area contributed by atoms with Gasteiger partial charge >= 0.3 is 5.97 Å². The third-order valence-corrected chi connectivity index (χ3v) is 2.95. The van der Waals surface area contributed by atoms with E-state index in [0.717, 1.165) is 17.3 Å². The van der Waals surface area contributed by atoms with E-state index in [0.29, 0.717) is 12.1 Å². The van der Waals surface area contributed by atoms with Crippen LogP contribution in [0.2, 0.25) is 0 Å². The first kappa shape index (κ1) is 14.1. The van der Waals surface area contributed by atoms with Gasteiger partial charge in [-0.05, 0) is 17.7 Å². The summed E-state index contributed by atoms with van der Waals surface area (Å²) < 4.78 is 0. The predicted octanol–water partition coefficient (Wildman–Crippen LogP) is 0.992. The Kier molecular flexibility index (Phi) is 5.74. The van der Waals surface area contributed by atoms with Crippen molar-refractivity contribution in [3.8, 4) is 6.07 Å². The zero-order valence-electron chi connectivity index (χ0n) is 9.55. The van der Waals surface area contributed by atoms with Crippen LogP contribution in [0, 0.1) is 11.3 Å². The number of aliphatic carboxylic acids is 1. The Hall–Kier alpha value is -2.00. The maximum Gasteiger partial charge on any atom is 0.313 e. The Labute approximate surface area is 109 Å². The highest BCUT2D eigenvalue weighted by molar-refractivity contribution is 8.00. The summed E-state index contributed by atoms with van der Waals surface area (Å²) in [4.78, 5) is 21.6. The predicted molar refractivity (Wildman–Crippen MR) is 68.0 cm³/mol. The third-order valence-electron chi connectivity index (χ3n) is 2.03. The summed E-state index contributed by atoms with van der Waals surface area (Å²) >= 11 is 1.06. The average Bonchev–Trinajstić information content (AvgIpc) is 2.36. The van der Waals surface area contributed by atoms with Gasteiger partial charge in [0, 0.05) is 6.54 Å². The maximum atomic E-state index is 11.3. The third kappa shape index (κ3) is 5.37. The molecule has 0 aliphatic rings. The minimum absolute atomic E-state index is 0.0791. The fourth-order valence-corrected chi connectivity index (χ4v) is 1.74. The van der Waals surface area contributed by atoms with Gasteiger partial charge < -0.3 is 10.4 Å². The summed E-state index contributed by atoms with van der Waals surface area (Å²) in [6, 6.07) is 8.91. The lowest BCUT2D eigenvalue weighted by atomic mass is 10.1. The van der Waals surface area contributed by atoms with Crippen LogP contribution < -0.4 is 5.32 Å². The van der Waals surface area contributed by atoms with E-state index in [1.54, 1.807) is 24.3 Å². The number of thioether (sulfide) groups is 1. The Balaban J connectivity index is 2.29. The Bertz CT molecular complexity index is 465. The van der Waals surface area contributed by atoms with Crippen molar-refractivity contribution in [2.24, 2.45) is 0 Å². The van der Waals surface area contributed by atoms with E-state index in [9.17, 15) is 9.59 Å². The molecule has 18 heavy (non-hydrogen) atoms. The van der Waals surface area contributed by atoms with Gasteiger partial charge in [0.25, 0.3) is 0 Å². The maximum absolute atomic E-state index is 11.3. The molecule has 0 bridgehead atoms. The molecule has 5 nitrogen and oxygen atoms in total. The van der Waals surface area contributed by atoms with Crippen LogP contribution in [-0.2, 0) is 16.1 Å². The van der Waals surface area contributed by atoms with Crippen molar-refractivity contribution in [1.82, 2.24) is 5.32 Å². The van der Waals surface area contributed by atoms with Gasteiger partial charge in [0.1, 0.15) is 0 Å². The molecule has 0 spiro atoms. The highest BCUT2D eigenvalue weighted by atomic mass is 32.2. The highest BCUT2D eigenvalue weighted by Crippen LogP contribution is 2.03. The largest absolute Gasteiger partial charge is 0.481 e. The van der Waals surface area contributed by atoms with E-state index in [2.05, 4.69) is 5.32 Å². The summed E-state index contributed by atoms with van der Waals surface area (Å²) in [6.45, 7) is 0.373. The van der Waals surface area contributed by atoms with Crippen molar-refractivity contribution in [3.05, 3.63) is 35.4 Å². The second-order valence-electron chi connectivity index (χ2n) is 3.47. The summed E-state index contributed by atoms with van der Waals surface area (Å²) in [5.74, 6) is -1.09. The highest BCUT2D eigenvalue weighted by Gasteiger charge is 2.04. The van der Waals surface area contributed by atoms with Crippen molar-refractivity contribution in [2.75, 3.05) is 11.5 Å². The van der Waals surface area contributed by atoms with Gasteiger partial charge in [0.05, 0.1) is 23.1 Å². The minimum atomic E-state index is -0.931. The number of carboxylic acid groups (broad SMARTS) is 1. The molecule has 1 aromatic carbocycles. The molecule has 1 amide bonds. The number of amides is 1. The first-order valence-corrected chi connectivity index (χ1v) is 6.32. The molecule has 0 atom stereocenters. The van der Waals surface area contributed by atoms with Crippen LogP contribution in [-0.4, -0.2) is 28.5 Å². The zero-order valence-corrected chi connectivity index (χ0v) is 10.4. The number of hydrogen-bond donors (Lipinski definition) is 2. The summed E-state index contributed by atoms with van der Waals surface area (Å²) in [6.07, 6.45) is 0. The number of benzene rings is 1. The molecule has 0 aliphatic carbocycles. The summed E-state index contributed by atoms with van der Waals surface area (Å²) in [5, 5.41) is 19.7. The Morgan fingerprint density at radius 1 is 1.28 bits per heavy atom. The molecule has 6 heteroatoms. The number of nitrogens with one attached hydrogen (secondary N) is 1. The second kappa shape index (κ2) is 7.35. The summed E-state index contributed by atoms with van der Waals surface area (Å²) in [5.41, 5.74) is 1.47.